The Labute approximate surface area is 243 Å². The number of carbonyl (C=O) groups excluding carboxylic acids is 2. The zero-order valence-electron chi connectivity index (χ0n) is 23.9. The molecule has 0 aliphatic heterocycles. The lowest BCUT2D eigenvalue weighted by atomic mass is 10.1. The van der Waals surface area contributed by atoms with Gasteiger partial charge in [0.2, 0.25) is 11.8 Å². The summed E-state index contributed by atoms with van der Waals surface area (Å²) in [4.78, 5) is 29.5. The summed E-state index contributed by atoms with van der Waals surface area (Å²) in [6.45, 7) is 7.85. The molecule has 3 rings (SSSR count). The molecule has 3 aromatic carbocycles. The number of unbranched alkanes of at least 4 members (excludes halogenated alkanes) is 1. The highest BCUT2D eigenvalue weighted by atomic mass is 32.2. The molecule has 40 heavy (non-hydrogen) atoms. The third-order valence-electron chi connectivity index (χ3n) is 6.72. The Morgan fingerprint density at radius 2 is 1.48 bits per heavy atom. The summed E-state index contributed by atoms with van der Waals surface area (Å²) in [5.41, 5.74) is 3.28. The van der Waals surface area contributed by atoms with Crippen molar-refractivity contribution in [3.8, 4) is 0 Å². The van der Waals surface area contributed by atoms with Crippen molar-refractivity contribution in [1.82, 2.24) is 10.2 Å². The first-order valence-corrected chi connectivity index (χ1v) is 16.1. The van der Waals surface area contributed by atoms with Crippen LogP contribution in [0.15, 0.2) is 82.6 Å². The standard InChI is InChI=1S/C31H39N3O4S2/c1-6-7-20-32-31(36)25(4)33(21-26-12-8-23(2)9-13-26)30(35)22-34(27-14-10-24(3)11-15-27)40(37,38)29-18-16-28(39-5)17-19-29/h8-19,25H,6-7,20-22H2,1-5H3,(H,32,36)/t25-/m0/s1. The summed E-state index contributed by atoms with van der Waals surface area (Å²) in [5.74, 6) is -0.741. The molecular formula is C31H39N3O4S2. The van der Waals surface area contributed by atoms with E-state index in [4.69, 9.17) is 0 Å². The van der Waals surface area contributed by atoms with Gasteiger partial charge in [-0.15, -0.1) is 11.8 Å². The van der Waals surface area contributed by atoms with E-state index in [0.717, 1.165) is 38.7 Å². The van der Waals surface area contributed by atoms with Crippen molar-refractivity contribution in [2.75, 3.05) is 23.7 Å². The van der Waals surface area contributed by atoms with Crippen LogP contribution < -0.4 is 9.62 Å². The fraction of sp³-hybridized carbons (Fsp3) is 0.355. The summed E-state index contributed by atoms with van der Waals surface area (Å²) in [6, 6.07) is 20.6. The van der Waals surface area contributed by atoms with Crippen LogP contribution in [0.4, 0.5) is 5.69 Å². The fourth-order valence-electron chi connectivity index (χ4n) is 4.12. The molecule has 3 aromatic rings. The molecule has 0 aromatic heterocycles. The minimum absolute atomic E-state index is 0.0918. The predicted molar refractivity (Wildman–Crippen MR) is 163 cm³/mol. The number of hydrogen-bond donors (Lipinski definition) is 1. The van der Waals surface area contributed by atoms with Gasteiger partial charge in [0, 0.05) is 18.0 Å². The second-order valence-corrected chi connectivity index (χ2v) is 12.6. The maximum absolute atomic E-state index is 14.0. The van der Waals surface area contributed by atoms with Gasteiger partial charge in [-0.1, -0.05) is 60.9 Å². The van der Waals surface area contributed by atoms with Crippen LogP contribution in [0.25, 0.3) is 0 Å². The SMILES string of the molecule is CCCCNC(=O)[C@H](C)N(Cc1ccc(C)cc1)C(=O)CN(c1ccc(C)cc1)S(=O)(=O)c1ccc(SC)cc1. The summed E-state index contributed by atoms with van der Waals surface area (Å²) >= 11 is 1.52. The number of nitrogens with one attached hydrogen (secondary N) is 1. The van der Waals surface area contributed by atoms with Gasteiger partial charge in [-0.05, 0) is 75.4 Å². The van der Waals surface area contributed by atoms with Crippen LogP contribution in [0.3, 0.4) is 0 Å². The largest absolute Gasteiger partial charge is 0.354 e. The van der Waals surface area contributed by atoms with Crippen LogP contribution in [-0.2, 0) is 26.2 Å². The Morgan fingerprint density at radius 1 is 0.900 bits per heavy atom. The Bertz CT molecular complexity index is 1370. The lowest BCUT2D eigenvalue weighted by molar-refractivity contribution is -0.139. The number of aryl methyl sites for hydroxylation is 2. The van der Waals surface area contributed by atoms with E-state index in [0.29, 0.717) is 12.2 Å². The predicted octanol–water partition coefficient (Wildman–Crippen LogP) is 5.55. The number of anilines is 1. The summed E-state index contributed by atoms with van der Waals surface area (Å²) in [7, 11) is -4.09. The molecule has 0 bridgehead atoms. The maximum atomic E-state index is 14.0. The van der Waals surface area contributed by atoms with Gasteiger partial charge in [0.05, 0.1) is 10.6 Å². The van der Waals surface area contributed by atoms with Crippen molar-refractivity contribution in [3.63, 3.8) is 0 Å². The quantitative estimate of drug-likeness (QED) is 0.211. The van der Waals surface area contributed by atoms with Crippen molar-refractivity contribution in [2.45, 2.75) is 62.9 Å². The topological polar surface area (TPSA) is 86.8 Å². The third-order valence-corrected chi connectivity index (χ3v) is 9.25. The zero-order valence-corrected chi connectivity index (χ0v) is 25.5. The summed E-state index contributed by atoms with van der Waals surface area (Å²) < 4.78 is 29.0. The molecule has 0 radical (unpaired) electrons. The highest BCUT2D eigenvalue weighted by Gasteiger charge is 2.32. The van der Waals surface area contributed by atoms with Crippen LogP contribution in [0.2, 0.25) is 0 Å². The van der Waals surface area contributed by atoms with E-state index in [-0.39, 0.29) is 17.3 Å². The lowest BCUT2D eigenvalue weighted by Crippen LogP contribution is -2.51. The number of rotatable bonds is 13. The molecule has 2 amide bonds. The highest BCUT2D eigenvalue weighted by Crippen LogP contribution is 2.26. The minimum atomic E-state index is -4.09. The number of sulfonamides is 1. The highest BCUT2D eigenvalue weighted by molar-refractivity contribution is 7.98. The van der Waals surface area contributed by atoms with Gasteiger partial charge < -0.3 is 10.2 Å². The van der Waals surface area contributed by atoms with Gasteiger partial charge in [0.1, 0.15) is 12.6 Å². The van der Waals surface area contributed by atoms with Crippen molar-refractivity contribution in [1.29, 1.82) is 0 Å². The van der Waals surface area contributed by atoms with Gasteiger partial charge in [0.15, 0.2) is 0 Å². The van der Waals surface area contributed by atoms with Crippen LogP contribution in [0, 0.1) is 13.8 Å². The first kappa shape index (κ1) is 31.2. The molecule has 9 heteroatoms. The molecule has 0 unspecified atom stereocenters. The van der Waals surface area contributed by atoms with Gasteiger partial charge in [-0.3, -0.25) is 13.9 Å². The number of carbonyl (C=O) groups is 2. The molecule has 0 heterocycles. The van der Waals surface area contributed by atoms with Gasteiger partial charge >= 0.3 is 0 Å². The fourth-order valence-corrected chi connectivity index (χ4v) is 5.95. The molecule has 0 fully saturated rings. The van der Waals surface area contributed by atoms with E-state index in [9.17, 15) is 18.0 Å². The second kappa shape index (κ2) is 14.4. The van der Waals surface area contributed by atoms with E-state index in [2.05, 4.69) is 5.32 Å². The van der Waals surface area contributed by atoms with Crippen LogP contribution in [-0.4, -0.2) is 50.5 Å². The van der Waals surface area contributed by atoms with Crippen LogP contribution in [0.1, 0.15) is 43.4 Å². The molecule has 0 aliphatic carbocycles. The van der Waals surface area contributed by atoms with Crippen molar-refractivity contribution in [2.24, 2.45) is 0 Å². The molecule has 1 N–H and O–H groups in total. The molecule has 0 spiro atoms. The van der Waals surface area contributed by atoms with E-state index in [1.54, 1.807) is 43.3 Å². The molecule has 7 nitrogen and oxygen atoms in total. The summed E-state index contributed by atoms with van der Waals surface area (Å²) in [6.07, 6.45) is 3.68. The van der Waals surface area contributed by atoms with Crippen molar-refractivity contribution < 1.29 is 18.0 Å². The van der Waals surface area contributed by atoms with E-state index in [1.807, 2.05) is 63.4 Å². The lowest BCUT2D eigenvalue weighted by Gasteiger charge is -2.32. The van der Waals surface area contributed by atoms with E-state index in [1.165, 1.54) is 16.7 Å². The first-order valence-electron chi connectivity index (χ1n) is 13.4. The second-order valence-electron chi connectivity index (χ2n) is 9.85. The molecule has 0 saturated carbocycles. The van der Waals surface area contributed by atoms with Gasteiger partial charge in [-0.25, -0.2) is 8.42 Å². The Hall–Kier alpha value is -3.30. The molecular weight excluding hydrogens is 542 g/mol. The average molecular weight is 582 g/mol. The van der Waals surface area contributed by atoms with E-state index >= 15 is 0 Å². The Morgan fingerprint density at radius 3 is 2.02 bits per heavy atom. The van der Waals surface area contributed by atoms with Crippen molar-refractivity contribution >= 4 is 39.3 Å². The average Bonchev–Trinajstić information content (AvgIpc) is 2.95. The zero-order chi connectivity index (χ0) is 29.3. The number of amides is 2. The number of hydrogen-bond acceptors (Lipinski definition) is 5. The number of benzene rings is 3. The third kappa shape index (κ3) is 8.11. The maximum Gasteiger partial charge on any atom is 0.264 e. The van der Waals surface area contributed by atoms with Gasteiger partial charge in [0.25, 0.3) is 10.0 Å². The monoisotopic (exact) mass is 581 g/mol. The van der Waals surface area contributed by atoms with E-state index < -0.39 is 28.5 Å². The van der Waals surface area contributed by atoms with Crippen LogP contribution in [0.5, 0.6) is 0 Å². The molecule has 214 valence electrons. The smallest absolute Gasteiger partial charge is 0.264 e. The normalized spacial score (nSPS) is 12.0. The Balaban J connectivity index is 1.99. The van der Waals surface area contributed by atoms with Gasteiger partial charge in [-0.2, -0.15) is 0 Å². The number of nitrogens with zero attached hydrogens (tertiary/aromatic N) is 2. The summed E-state index contributed by atoms with van der Waals surface area (Å²) in [5, 5.41) is 2.91. The van der Waals surface area contributed by atoms with Crippen molar-refractivity contribution in [3.05, 3.63) is 89.5 Å². The minimum Gasteiger partial charge on any atom is -0.354 e. The van der Waals surface area contributed by atoms with Crippen LogP contribution >= 0.6 is 11.8 Å². The Kier molecular flexibility index (Phi) is 11.2. The molecule has 0 saturated heterocycles. The first-order chi connectivity index (χ1) is 19.1. The number of thioether (sulfide) groups is 1. The molecule has 0 aliphatic rings. The molecule has 1 atom stereocenters.